The normalized spacial score (nSPS) is 12.9. The maximum atomic E-state index is 12.2. The van der Waals surface area contributed by atoms with E-state index in [1.54, 1.807) is 19.1 Å². The summed E-state index contributed by atoms with van der Waals surface area (Å²) in [6.45, 7) is 0.650. The molecule has 1 aromatic rings. The van der Waals surface area contributed by atoms with Gasteiger partial charge in [0.1, 0.15) is 6.54 Å². The minimum absolute atomic E-state index is 0.171. The fourth-order valence-electron chi connectivity index (χ4n) is 1.30. The van der Waals surface area contributed by atoms with Crippen LogP contribution in [0.3, 0.4) is 0 Å². The summed E-state index contributed by atoms with van der Waals surface area (Å²) in [4.78, 5) is 11.7. The van der Waals surface area contributed by atoms with Crippen molar-refractivity contribution in [2.75, 3.05) is 23.7 Å². The number of benzene rings is 1. The minimum Gasteiger partial charge on any atom is -0.375 e. The fourth-order valence-corrected chi connectivity index (χ4v) is 1.30. The molecular formula is C12H16F3N3O. The van der Waals surface area contributed by atoms with Gasteiger partial charge in [-0.25, -0.2) is 0 Å². The number of nitrogens with two attached hydrogens (primary N) is 1. The third-order valence-corrected chi connectivity index (χ3v) is 2.47. The Kier molecular flexibility index (Phi) is 5.17. The second kappa shape index (κ2) is 6.42. The molecule has 1 rings (SSSR count). The zero-order chi connectivity index (χ0) is 14.5. The number of carbonyl (C=O) groups is 1. The zero-order valence-corrected chi connectivity index (χ0v) is 10.4. The van der Waals surface area contributed by atoms with E-state index in [-0.39, 0.29) is 18.1 Å². The SMILES string of the molecule is CC(CN)C(=O)Nc1ccccc1NCC(F)(F)F. The van der Waals surface area contributed by atoms with E-state index in [2.05, 4.69) is 10.6 Å². The summed E-state index contributed by atoms with van der Waals surface area (Å²) >= 11 is 0. The van der Waals surface area contributed by atoms with Gasteiger partial charge in [0.05, 0.1) is 11.4 Å². The summed E-state index contributed by atoms with van der Waals surface area (Å²) < 4.78 is 36.5. The Morgan fingerprint density at radius 2 is 1.89 bits per heavy atom. The van der Waals surface area contributed by atoms with E-state index in [9.17, 15) is 18.0 Å². The van der Waals surface area contributed by atoms with Gasteiger partial charge < -0.3 is 16.4 Å². The number of amides is 1. The molecule has 0 aliphatic carbocycles. The first-order valence-electron chi connectivity index (χ1n) is 5.74. The summed E-state index contributed by atoms with van der Waals surface area (Å²) in [7, 11) is 0. The highest BCUT2D eigenvalue weighted by Crippen LogP contribution is 2.23. The number of carbonyl (C=O) groups excluding carboxylic acids is 1. The lowest BCUT2D eigenvalue weighted by molar-refractivity contribution is -0.119. The monoisotopic (exact) mass is 275 g/mol. The molecule has 0 saturated carbocycles. The van der Waals surface area contributed by atoms with Crippen molar-refractivity contribution in [1.29, 1.82) is 0 Å². The van der Waals surface area contributed by atoms with Gasteiger partial charge in [-0.1, -0.05) is 19.1 Å². The average Bonchev–Trinajstić information content (AvgIpc) is 2.35. The molecule has 0 radical (unpaired) electrons. The summed E-state index contributed by atoms with van der Waals surface area (Å²) in [5, 5.41) is 4.79. The van der Waals surface area contributed by atoms with E-state index < -0.39 is 18.6 Å². The molecule has 1 atom stereocenters. The Hall–Kier alpha value is -1.76. The van der Waals surface area contributed by atoms with Crippen LogP contribution in [0.4, 0.5) is 24.5 Å². The van der Waals surface area contributed by atoms with Crippen molar-refractivity contribution in [3.63, 3.8) is 0 Å². The summed E-state index contributed by atoms with van der Waals surface area (Å²) in [5.74, 6) is -0.737. The quantitative estimate of drug-likeness (QED) is 0.771. The third kappa shape index (κ3) is 5.17. The number of hydrogen-bond acceptors (Lipinski definition) is 3. The molecule has 0 aliphatic heterocycles. The van der Waals surface area contributed by atoms with Crippen molar-refractivity contribution in [1.82, 2.24) is 0 Å². The first-order valence-corrected chi connectivity index (χ1v) is 5.74. The van der Waals surface area contributed by atoms with E-state index >= 15 is 0 Å². The number of anilines is 2. The van der Waals surface area contributed by atoms with Gasteiger partial charge in [0, 0.05) is 12.5 Å². The van der Waals surface area contributed by atoms with Gasteiger partial charge in [0.25, 0.3) is 0 Å². The number of halogens is 3. The van der Waals surface area contributed by atoms with E-state index in [1.165, 1.54) is 12.1 Å². The molecule has 7 heteroatoms. The molecule has 4 nitrogen and oxygen atoms in total. The molecule has 0 fully saturated rings. The molecule has 106 valence electrons. The zero-order valence-electron chi connectivity index (χ0n) is 10.4. The lowest BCUT2D eigenvalue weighted by Crippen LogP contribution is -2.27. The Bertz CT molecular complexity index is 434. The number of rotatable bonds is 5. The van der Waals surface area contributed by atoms with Crippen LogP contribution in [0.1, 0.15) is 6.92 Å². The summed E-state index contributed by atoms with van der Waals surface area (Å²) in [5.41, 5.74) is 5.88. The van der Waals surface area contributed by atoms with Crippen molar-refractivity contribution in [2.24, 2.45) is 11.7 Å². The Balaban J connectivity index is 2.76. The Morgan fingerprint density at radius 3 is 2.42 bits per heavy atom. The molecule has 1 aromatic carbocycles. The van der Waals surface area contributed by atoms with E-state index in [0.29, 0.717) is 5.69 Å². The predicted molar refractivity (Wildman–Crippen MR) is 67.8 cm³/mol. The maximum Gasteiger partial charge on any atom is 0.405 e. The van der Waals surface area contributed by atoms with Gasteiger partial charge in [-0.15, -0.1) is 0 Å². The van der Waals surface area contributed by atoms with Crippen LogP contribution in [0.5, 0.6) is 0 Å². The van der Waals surface area contributed by atoms with Crippen LogP contribution in [-0.4, -0.2) is 25.2 Å². The molecule has 1 unspecified atom stereocenters. The first kappa shape index (κ1) is 15.3. The second-order valence-corrected chi connectivity index (χ2v) is 4.14. The van der Waals surface area contributed by atoms with Crippen LogP contribution in [0.15, 0.2) is 24.3 Å². The molecular weight excluding hydrogens is 259 g/mol. The van der Waals surface area contributed by atoms with Crippen molar-refractivity contribution in [3.05, 3.63) is 24.3 Å². The van der Waals surface area contributed by atoms with E-state index in [4.69, 9.17) is 5.73 Å². The highest BCUT2D eigenvalue weighted by atomic mass is 19.4. The number of alkyl halides is 3. The van der Waals surface area contributed by atoms with Gasteiger partial charge >= 0.3 is 6.18 Å². The average molecular weight is 275 g/mol. The highest BCUT2D eigenvalue weighted by molar-refractivity contribution is 5.95. The van der Waals surface area contributed by atoms with E-state index in [0.717, 1.165) is 0 Å². The molecule has 0 aromatic heterocycles. The van der Waals surface area contributed by atoms with E-state index in [1.807, 2.05) is 0 Å². The lowest BCUT2D eigenvalue weighted by atomic mass is 10.1. The van der Waals surface area contributed by atoms with Crippen LogP contribution in [0.25, 0.3) is 0 Å². The number of para-hydroxylation sites is 2. The standard InChI is InChI=1S/C12H16F3N3O/c1-8(6-16)11(19)18-10-5-3-2-4-9(10)17-7-12(13,14)15/h2-5,8,17H,6-7,16H2,1H3,(H,18,19). The minimum atomic E-state index is -4.32. The number of nitrogens with one attached hydrogen (secondary N) is 2. The maximum absolute atomic E-state index is 12.2. The lowest BCUT2D eigenvalue weighted by Gasteiger charge is -2.15. The summed E-state index contributed by atoms with van der Waals surface area (Å²) in [6.07, 6.45) is -4.32. The molecule has 19 heavy (non-hydrogen) atoms. The van der Waals surface area contributed by atoms with Crippen LogP contribution < -0.4 is 16.4 Å². The molecule has 0 saturated heterocycles. The Labute approximate surface area is 109 Å². The van der Waals surface area contributed by atoms with Gasteiger partial charge in [0.15, 0.2) is 0 Å². The van der Waals surface area contributed by atoms with Crippen LogP contribution >= 0.6 is 0 Å². The van der Waals surface area contributed by atoms with Crippen LogP contribution in [-0.2, 0) is 4.79 Å². The van der Waals surface area contributed by atoms with Gasteiger partial charge in [-0.05, 0) is 12.1 Å². The first-order chi connectivity index (χ1) is 8.83. The van der Waals surface area contributed by atoms with Crippen LogP contribution in [0, 0.1) is 5.92 Å². The van der Waals surface area contributed by atoms with Gasteiger partial charge in [-0.2, -0.15) is 13.2 Å². The van der Waals surface area contributed by atoms with Crippen molar-refractivity contribution in [3.8, 4) is 0 Å². The van der Waals surface area contributed by atoms with Crippen molar-refractivity contribution < 1.29 is 18.0 Å². The number of hydrogen-bond donors (Lipinski definition) is 3. The molecule has 0 spiro atoms. The summed E-state index contributed by atoms with van der Waals surface area (Å²) in [6, 6.07) is 6.20. The third-order valence-electron chi connectivity index (χ3n) is 2.47. The molecule has 0 aliphatic rings. The molecule has 1 amide bonds. The van der Waals surface area contributed by atoms with Gasteiger partial charge in [-0.3, -0.25) is 4.79 Å². The fraction of sp³-hybridized carbons (Fsp3) is 0.417. The van der Waals surface area contributed by atoms with Gasteiger partial charge in [0.2, 0.25) is 5.91 Å². The van der Waals surface area contributed by atoms with Crippen molar-refractivity contribution >= 4 is 17.3 Å². The largest absolute Gasteiger partial charge is 0.405 e. The molecule has 4 N–H and O–H groups in total. The topological polar surface area (TPSA) is 67.2 Å². The van der Waals surface area contributed by atoms with Crippen molar-refractivity contribution in [2.45, 2.75) is 13.1 Å². The van der Waals surface area contributed by atoms with Crippen LogP contribution in [0.2, 0.25) is 0 Å². The Morgan fingerprint density at radius 1 is 1.32 bits per heavy atom. The smallest absolute Gasteiger partial charge is 0.375 e. The highest BCUT2D eigenvalue weighted by Gasteiger charge is 2.27. The molecule has 0 bridgehead atoms. The molecule has 0 heterocycles. The second-order valence-electron chi connectivity index (χ2n) is 4.14. The predicted octanol–water partition coefficient (Wildman–Crippen LogP) is 2.19.